The molecule has 0 saturated carbocycles. The number of hydrogen-bond acceptors (Lipinski definition) is 5. The van der Waals surface area contributed by atoms with E-state index in [0.29, 0.717) is 0 Å². The summed E-state index contributed by atoms with van der Waals surface area (Å²) in [4.78, 5) is 12.8. The fraction of sp³-hybridized carbons (Fsp3) is 0.158. The molecule has 0 spiro atoms. The number of nitrogens with one attached hydrogen (secondary N) is 1. The van der Waals surface area contributed by atoms with Crippen LogP contribution in [0.5, 0.6) is 5.75 Å². The number of rotatable bonds is 5. The minimum atomic E-state index is -3.90. The van der Waals surface area contributed by atoms with Gasteiger partial charge in [-0.15, -0.1) is 0 Å². The van der Waals surface area contributed by atoms with Gasteiger partial charge in [-0.05, 0) is 31.2 Å². The highest BCUT2D eigenvalue weighted by atomic mass is 32.2. The monoisotopic (exact) mass is 400 g/mol. The first-order valence-electron chi connectivity index (χ1n) is 8.38. The molecule has 1 amide bonds. The molecule has 2 aromatic carbocycles. The van der Waals surface area contributed by atoms with Crippen molar-refractivity contribution in [3.05, 3.63) is 65.9 Å². The predicted octanol–water partition coefficient (Wildman–Crippen LogP) is 2.51. The molecule has 0 aliphatic rings. The Morgan fingerprint density at radius 2 is 1.79 bits per heavy atom. The van der Waals surface area contributed by atoms with Crippen LogP contribution in [0.15, 0.2) is 59.6 Å². The topological polar surface area (TPSA) is 105 Å². The van der Waals surface area contributed by atoms with Gasteiger partial charge in [-0.25, -0.2) is 8.42 Å². The fourth-order valence-electron chi connectivity index (χ4n) is 2.72. The summed E-state index contributed by atoms with van der Waals surface area (Å²) in [7, 11) is -0.982. The molecule has 1 aromatic heterocycles. The van der Waals surface area contributed by atoms with Gasteiger partial charge in [-0.1, -0.05) is 29.8 Å². The minimum absolute atomic E-state index is 0.0592. The van der Waals surface area contributed by atoms with E-state index in [9.17, 15) is 18.3 Å². The highest BCUT2D eigenvalue weighted by Crippen LogP contribution is 2.28. The summed E-state index contributed by atoms with van der Waals surface area (Å²) in [6, 6.07) is 12.7. The van der Waals surface area contributed by atoms with Crippen molar-refractivity contribution in [3.8, 4) is 5.75 Å². The first kappa shape index (κ1) is 19.4. The Hall–Kier alpha value is -3.33. The Balaban J connectivity index is 1.97. The zero-order valence-corrected chi connectivity index (χ0v) is 16.4. The number of para-hydroxylation sites is 2. The van der Waals surface area contributed by atoms with Crippen molar-refractivity contribution >= 4 is 27.4 Å². The van der Waals surface area contributed by atoms with Crippen LogP contribution < -0.4 is 9.62 Å². The smallest absolute Gasteiger partial charge is 0.265 e. The summed E-state index contributed by atoms with van der Waals surface area (Å²) in [5, 5.41) is 16.4. The predicted molar refractivity (Wildman–Crippen MR) is 106 cm³/mol. The van der Waals surface area contributed by atoms with Crippen molar-refractivity contribution < 1.29 is 18.3 Å². The Morgan fingerprint density at radius 3 is 2.43 bits per heavy atom. The van der Waals surface area contributed by atoms with Crippen LogP contribution in [-0.4, -0.2) is 36.3 Å². The Bertz CT molecular complexity index is 1120. The summed E-state index contributed by atoms with van der Waals surface area (Å²) in [5.74, 6) is -0.578. The van der Waals surface area contributed by atoms with Crippen LogP contribution >= 0.6 is 0 Å². The second-order valence-electron chi connectivity index (χ2n) is 6.26. The van der Waals surface area contributed by atoms with E-state index in [-0.39, 0.29) is 27.7 Å². The minimum Gasteiger partial charge on any atom is -0.506 e. The lowest BCUT2D eigenvalue weighted by atomic mass is 10.2. The number of aromatic nitrogens is 2. The zero-order valence-electron chi connectivity index (χ0n) is 15.6. The van der Waals surface area contributed by atoms with Gasteiger partial charge in [0.05, 0.1) is 16.8 Å². The molecule has 2 N–H and O–H groups in total. The van der Waals surface area contributed by atoms with Crippen molar-refractivity contribution in [2.45, 2.75) is 11.8 Å². The molecule has 0 fully saturated rings. The number of carbonyl (C=O) groups excluding carboxylic acids is 1. The van der Waals surface area contributed by atoms with E-state index in [1.807, 2.05) is 6.92 Å². The maximum atomic E-state index is 13.0. The van der Waals surface area contributed by atoms with Crippen molar-refractivity contribution in [2.24, 2.45) is 7.05 Å². The van der Waals surface area contributed by atoms with Gasteiger partial charge in [0.25, 0.3) is 15.9 Å². The van der Waals surface area contributed by atoms with Crippen molar-refractivity contribution in [3.63, 3.8) is 0 Å². The van der Waals surface area contributed by atoms with E-state index in [1.165, 1.54) is 42.2 Å². The molecule has 0 bridgehead atoms. The Kier molecular flexibility index (Phi) is 5.10. The molecule has 0 radical (unpaired) electrons. The van der Waals surface area contributed by atoms with E-state index >= 15 is 0 Å². The quantitative estimate of drug-likeness (QED) is 0.641. The Labute approximate surface area is 163 Å². The van der Waals surface area contributed by atoms with Gasteiger partial charge in [-0.2, -0.15) is 5.10 Å². The maximum Gasteiger partial charge on any atom is 0.265 e. The number of phenols is 1. The van der Waals surface area contributed by atoms with Crippen LogP contribution in [0.1, 0.15) is 15.9 Å². The van der Waals surface area contributed by atoms with Gasteiger partial charge in [-0.3, -0.25) is 13.8 Å². The van der Waals surface area contributed by atoms with Crippen LogP contribution in [0, 0.1) is 6.92 Å². The molecule has 0 saturated heterocycles. The summed E-state index contributed by atoms with van der Waals surface area (Å²) in [6.07, 6.45) is 1.28. The number of anilines is 2. The number of phenolic OH excluding ortho intramolecular Hbond substituents is 1. The van der Waals surface area contributed by atoms with Gasteiger partial charge in [0.15, 0.2) is 5.82 Å². The maximum absolute atomic E-state index is 13.0. The lowest BCUT2D eigenvalue weighted by molar-refractivity contribution is 0.102. The molecule has 9 heteroatoms. The number of aryl methyl sites for hydroxylation is 2. The first-order chi connectivity index (χ1) is 13.2. The summed E-state index contributed by atoms with van der Waals surface area (Å²) < 4.78 is 28.3. The highest BCUT2D eigenvalue weighted by Gasteiger charge is 2.28. The molecule has 28 heavy (non-hydrogen) atoms. The summed E-state index contributed by atoms with van der Waals surface area (Å²) in [6.45, 7) is 1.86. The fourth-order valence-corrected chi connectivity index (χ4v) is 3.96. The molecule has 3 aromatic rings. The highest BCUT2D eigenvalue weighted by molar-refractivity contribution is 7.92. The molecule has 146 valence electrons. The largest absolute Gasteiger partial charge is 0.506 e. The van der Waals surface area contributed by atoms with E-state index in [2.05, 4.69) is 10.4 Å². The van der Waals surface area contributed by atoms with Crippen LogP contribution in [0.25, 0.3) is 0 Å². The molecular weight excluding hydrogens is 380 g/mol. The summed E-state index contributed by atoms with van der Waals surface area (Å²) >= 11 is 0. The van der Waals surface area contributed by atoms with E-state index in [4.69, 9.17) is 0 Å². The number of hydrogen-bond donors (Lipinski definition) is 2. The van der Waals surface area contributed by atoms with Gasteiger partial charge < -0.3 is 10.4 Å². The number of nitrogens with zero attached hydrogens (tertiary/aromatic N) is 3. The van der Waals surface area contributed by atoms with Crippen LogP contribution in [0.2, 0.25) is 0 Å². The lowest BCUT2D eigenvalue weighted by Gasteiger charge is -2.21. The van der Waals surface area contributed by atoms with E-state index in [1.54, 1.807) is 31.3 Å². The normalized spacial score (nSPS) is 11.2. The third kappa shape index (κ3) is 3.56. The van der Waals surface area contributed by atoms with Gasteiger partial charge >= 0.3 is 0 Å². The number of aromatic hydroxyl groups is 1. The van der Waals surface area contributed by atoms with Crippen molar-refractivity contribution in [2.75, 3.05) is 16.7 Å². The molecule has 0 atom stereocenters. The molecule has 8 nitrogen and oxygen atoms in total. The third-order valence-corrected chi connectivity index (χ3v) is 6.04. The van der Waals surface area contributed by atoms with Crippen LogP contribution in [0.4, 0.5) is 11.5 Å². The van der Waals surface area contributed by atoms with Crippen molar-refractivity contribution in [1.29, 1.82) is 0 Å². The number of amides is 1. The van der Waals surface area contributed by atoms with Gasteiger partial charge in [0, 0.05) is 14.1 Å². The second-order valence-corrected chi connectivity index (χ2v) is 8.23. The van der Waals surface area contributed by atoms with Crippen LogP contribution in [0.3, 0.4) is 0 Å². The number of carbonyl (C=O) groups is 1. The third-order valence-electron chi connectivity index (χ3n) is 4.28. The average Bonchev–Trinajstić information content (AvgIpc) is 3.04. The van der Waals surface area contributed by atoms with Gasteiger partial charge in [0.1, 0.15) is 11.3 Å². The SMILES string of the molecule is Cc1ccc(S(=O)(=O)N(C)c2c(C(=O)Nc3ccccc3O)cnn2C)cc1. The number of benzene rings is 2. The van der Waals surface area contributed by atoms with E-state index in [0.717, 1.165) is 9.87 Å². The molecule has 1 heterocycles. The molecule has 0 aliphatic carbocycles. The molecule has 0 aliphatic heterocycles. The van der Waals surface area contributed by atoms with Crippen LogP contribution in [-0.2, 0) is 17.1 Å². The molecule has 0 unspecified atom stereocenters. The van der Waals surface area contributed by atoms with Crippen molar-refractivity contribution in [1.82, 2.24) is 9.78 Å². The Morgan fingerprint density at radius 1 is 1.14 bits per heavy atom. The zero-order chi connectivity index (χ0) is 20.5. The number of sulfonamides is 1. The lowest BCUT2D eigenvalue weighted by Crippen LogP contribution is -2.30. The molecular formula is C19H20N4O4S. The average molecular weight is 400 g/mol. The van der Waals surface area contributed by atoms with E-state index < -0.39 is 15.9 Å². The second kappa shape index (κ2) is 7.35. The summed E-state index contributed by atoms with van der Waals surface area (Å²) in [5.41, 5.74) is 1.21. The standard InChI is InChI=1S/C19H20N4O4S/c1-13-8-10-14(11-9-13)28(26,27)23(3)19-15(12-20-22(19)2)18(25)21-16-6-4-5-7-17(16)24/h4-12,24H,1-3H3,(H,21,25). The molecule has 3 rings (SSSR count). The van der Waals surface area contributed by atoms with Gasteiger partial charge in [0.2, 0.25) is 0 Å². The first-order valence-corrected chi connectivity index (χ1v) is 9.83.